The SMILES string of the molecule is NCC1(C(=O)O)CC(c2ccc3c(c2)OCCCO3)=NO1. The smallest absolute Gasteiger partial charge is 0.352 e. The van der Waals surface area contributed by atoms with Gasteiger partial charge in [-0.1, -0.05) is 5.16 Å². The summed E-state index contributed by atoms with van der Waals surface area (Å²) in [5.41, 5.74) is 5.33. The summed E-state index contributed by atoms with van der Waals surface area (Å²) in [6, 6.07) is 5.39. The van der Waals surface area contributed by atoms with Crippen molar-refractivity contribution in [3.63, 3.8) is 0 Å². The van der Waals surface area contributed by atoms with Crippen molar-refractivity contribution in [2.24, 2.45) is 10.9 Å². The first-order valence-corrected chi connectivity index (χ1v) is 6.73. The maximum Gasteiger partial charge on any atom is 0.352 e. The van der Waals surface area contributed by atoms with Crippen molar-refractivity contribution >= 4 is 11.7 Å². The first kappa shape index (κ1) is 13.7. The van der Waals surface area contributed by atoms with E-state index in [0.29, 0.717) is 30.4 Å². The van der Waals surface area contributed by atoms with Crippen LogP contribution in [0.2, 0.25) is 0 Å². The van der Waals surface area contributed by atoms with E-state index in [1.807, 2.05) is 6.07 Å². The van der Waals surface area contributed by atoms with E-state index in [1.54, 1.807) is 12.1 Å². The number of rotatable bonds is 3. The van der Waals surface area contributed by atoms with Crippen LogP contribution in [0.5, 0.6) is 11.5 Å². The fourth-order valence-corrected chi connectivity index (χ4v) is 2.29. The van der Waals surface area contributed by atoms with E-state index in [2.05, 4.69) is 5.16 Å². The van der Waals surface area contributed by atoms with Gasteiger partial charge in [0.15, 0.2) is 11.5 Å². The van der Waals surface area contributed by atoms with Crippen LogP contribution in [0.25, 0.3) is 0 Å². The molecule has 7 nitrogen and oxygen atoms in total. The molecule has 0 saturated heterocycles. The number of hydrogen-bond donors (Lipinski definition) is 2. The van der Waals surface area contributed by atoms with Crippen molar-refractivity contribution in [3.8, 4) is 11.5 Å². The molecule has 2 aliphatic rings. The summed E-state index contributed by atoms with van der Waals surface area (Å²) in [6.45, 7) is 1.06. The van der Waals surface area contributed by atoms with E-state index in [-0.39, 0.29) is 13.0 Å². The summed E-state index contributed by atoms with van der Waals surface area (Å²) < 4.78 is 11.2. The van der Waals surface area contributed by atoms with Crippen LogP contribution in [0.1, 0.15) is 18.4 Å². The molecule has 0 saturated carbocycles. The van der Waals surface area contributed by atoms with Crippen molar-refractivity contribution in [1.29, 1.82) is 0 Å². The summed E-state index contributed by atoms with van der Waals surface area (Å²) in [7, 11) is 0. The minimum Gasteiger partial charge on any atom is -0.490 e. The number of aliphatic carboxylic acids is 1. The lowest BCUT2D eigenvalue weighted by Gasteiger charge is -2.18. The highest BCUT2D eigenvalue weighted by Gasteiger charge is 2.46. The third-order valence-electron chi connectivity index (χ3n) is 3.58. The topological polar surface area (TPSA) is 103 Å². The van der Waals surface area contributed by atoms with Gasteiger partial charge in [-0.05, 0) is 18.2 Å². The van der Waals surface area contributed by atoms with Crippen LogP contribution in [0.3, 0.4) is 0 Å². The van der Waals surface area contributed by atoms with Gasteiger partial charge in [0.1, 0.15) is 0 Å². The van der Waals surface area contributed by atoms with Crippen LogP contribution >= 0.6 is 0 Å². The second-order valence-corrected chi connectivity index (χ2v) is 5.02. The molecule has 0 spiro atoms. The molecule has 1 aromatic rings. The van der Waals surface area contributed by atoms with Gasteiger partial charge in [0.2, 0.25) is 0 Å². The molecular formula is C14H16N2O5. The Morgan fingerprint density at radius 2 is 2.10 bits per heavy atom. The summed E-state index contributed by atoms with van der Waals surface area (Å²) in [5.74, 6) is 0.199. The molecule has 2 heterocycles. The van der Waals surface area contributed by atoms with Crippen LogP contribution < -0.4 is 15.2 Å². The van der Waals surface area contributed by atoms with Gasteiger partial charge in [-0.3, -0.25) is 0 Å². The number of fused-ring (bicyclic) bond motifs is 1. The second-order valence-electron chi connectivity index (χ2n) is 5.02. The molecule has 2 aliphatic heterocycles. The zero-order chi connectivity index (χ0) is 14.9. The molecule has 21 heavy (non-hydrogen) atoms. The number of carboxylic acid groups (broad SMARTS) is 1. The normalized spacial score (nSPS) is 24.0. The maximum absolute atomic E-state index is 11.3. The molecule has 3 N–H and O–H groups in total. The predicted octanol–water partition coefficient (Wildman–Crippen LogP) is 0.754. The molecule has 3 rings (SSSR count). The Hall–Kier alpha value is -2.28. The maximum atomic E-state index is 11.3. The minimum absolute atomic E-state index is 0.123. The van der Waals surface area contributed by atoms with Crippen molar-refractivity contribution in [3.05, 3.63) is 23.8 Å². The van der Waals surface area contributed by atoms with Gasteiger partial charge in [-0.25, -0.2) is 4.79 Å². The van der Waals surface area contributed by atoms with Crippen LogP contribution in [-0.4, -0.2) is 42.1 Å². The molecular weight excluding hydrogens is 276 g/mol. The average Bonchev–Trinajstić information content (AvgIpc) is 2.81. The van der Waals surface area contributed by atoms with Crippen LogP contribution in [0.15, 0.2) is 23.4 Å². The lowest BCUT2D eigenvalue weighted by molar-refractivity contribution is -0.161. The van der Waals surface area contributed by atoms with E-state index in [1.165, 1.54) is 0 Å². The van der Waals surface area contributed by atoms with Gasteiger partial charge in [-0.2, -0.15) is 0 Å². The molecule has 1 unspecified atom stereocenters. The number of hydrogen-bond acceptors (Lipinski definition) is 6. The number of carbonyl (C=O) groups is 1. The van der Waals surface area contributed by atoms with Gasteiger partial charge in [-0.15, -0.1) is 0 Å². The molecule has 0 amide bonds. The lowest BCUT2D eigenvalue weighted by Crippen LogP contribution is -2.45. The van der Waals surface area contributed by atoms with Gasteiger partial charge in [0, 0.05) is 24.9 Å². The Morgan fingerprint density at radius 3 is 2.76 bits per heavy atom. The zero-order valence-electron chi connectivity index (χ0n) is 11.4. The Morgan fingerprint density at radius 1 is 1.33 bits per heavy atom. The van der Waals surface area contributed by atoms with Crippen molar-refractivity contribution in [1.82, 2.24) is 0 Å². The standard InChI is InChI=1S/C14H16N2O5/c15-8-14(13(17)18)7-10(16-21-14)9-2-3-11-12(6-9)20-5-1-4-19-11/h2-3,6H,1,4-5,7-8,15H2,(H,17,18). The monoisotopic (exact) mass is 292 g/mol. The molecule has 1 atom stereocenters. The van der Waals surface area contributed by atoms with Crippen molar-refractivity contribution < 1.29 is 24.2 Å². The summed E-state index contributed by atoms with van der Waals surface area (Å²) >= 11 is 0. The van der Waals surface area contributed by atoms with Gasteiger partial charge >= 0.3 is 5.97 Å². The van der Waals surface area contributed by atoms with Crippen LogP contribution in [-0.2, 0) is 9.63 Å². The highest BCUT2D eigenvalue weighted by Crippen LogP contribution is 2.33. The summed E-state index contributed by atoms with van der Waals surface area (Å²) in [4.78, 5) is 16.4. The number of benzene rings is 1. The quantitative estimate of drug-likeness (QED) is 0.852. The molecule has 1 aromatic carbocycles. The highest BCUT2D eigenvalue weighted by atomic mass is 16.7. The second kappa shape index (κ2) is 5.25. The predicted molar refractivity (Wildman–Crippen MR) is 73.7 cm³/mol. The molecule has 0 bridgehead atoms. The van der Waals surface area contributed by atoms with E-state index in [4.69, 9.17) is 20.0 Å². The Labute approximate surface area is 121 Å². The van der Waals surface area contributed by atoms with E-state index in [9.17, 15) is 9.90 Å². The molecule has 0 aromatic heterocycles. The van der Waals surface area contributed by atoms with Crippen molar-refractivity contribution in [2.75, 3.05) is 19.8 Å². The Balaban J connectivity index is 1.86. The molecule has 0 radical (unpaired) electrons. The molecule has 0 aliphatic carbocycles. The van der Waals surface area contributed by atoms with E-state index in [0.717, 1.165) is 12.0 Å². The zero-order valence-corrected chi connectivity index (χ0v) is 11.4. The molecule has 0 fully saturated rings. The average molecular weight is 292 g/mol. The van der Waals surface area contributed by atoms with Gasteiger partial charge in [0.05, 0.1) is 18.9 Å². The number of oxime groups is 1. The number of carboxylic acids is 1. The van der Waals surface area contributed by atoms with E-state index >= 15 is 0 Å². The van der Waals surface area contributed by atoms with Gasteiger partial charge in [0.25, 0.3) is 5.60 Å². The van der Waals surface area contributed by atoms with E-state index < -0.39 is 11.6 Å². The molecule has 7 heteroatoms. The van der Waals surface area contributed by atoms with Gasteiger partial charge < -0.3 is 25.2 Å². The van der Waals surface area contributed by atoms with Crippen LogP contribution in [0, 0.1) is 0 Å². The lowest BCUT2D eigenvalue weighted by atomic mass is 9.94. The highest BCUT2D eigenvalue weighted by molar-refractivity contribution is 6.05. The molecule has 112 valence electrons. The Bertz CT molecular complexity index is 601. The Kier molecular flexibility index (Phi) is 3.42. The summed E-state index contributed by atoms with van der Waals surface area (Å²) in [5, 5.41) is 13.1. The number of nitrogens with two attached hydrogens (primary N) is 1. The third kappa shape index (κ3) is 2.40. The fourth-order valence-electron chi connectivity index (χ4n) is 2.29. The fraction of sp³-hybridized carbons (Fsp3) is 0.429. The minimum atomic E-state index is -1.47. The van der Waals surface area contributed by atoms with Crippen molar-refractivity contribution in [2.45, 2.75) is 18.4 Å². The first-order chi connectivity index (χ1) is 10.1. The number of ether oxygens (including phenoxy) is 2. The third-order valence-corrected chi connectivity index (χ3v) is 3.58. The summed E-state index contributed by atoms with van der Waals surface area (Å²) in [6.07, 6.45) is 0.946. The number of nitrogens with zero attached hydrogens (tertiary/aromatic N) is 1. The largest absolute Gasteiger partial charge is 0.490 e. The van der Waals surface area contributed by atoms with Crippen LogP contribution in [0.4, 0.5) is 0 Å². The first-order valence-electron chi connectivity index (χ1n) is 6.73.